The zero-order chi connectivity index (χ0) is 29.2. The molecule has 0 fully saturated rings. The Morgan fingerprint density at radius 3 is 2.50 bits per heavy atom. The molecule has 0 radical (unpaired) electrons. The second-order valence-electron chi connectivity index (χ2n) is 9.20. The molecular weight excluding hydrogens is 577 g/mol. The fourth-order valence-electron chi connectivity index (χ4n) is 4.59. The van der Waals surface area contributed by atoms with E-state index in [0.717, 1.165) is 10.9 Å². The molecule has 0 saturated carbocycles. The van der Waals surface area contributed by atoms with Crippen LogP contribution in [0.25, 0.3) is 33.5 Å². The predicted octanol–water partition coefficient (Wildman–Crippen LogP) is 7.59. The van der Waals surface area contributed by atoms with Crippen molar-refractivity contribution in [2.45, 2.75) is 6.61 Å². The van der Waals surface area contributed by atoms with Gasteiger partial charge in [0.05, 0.1) is 36.7 Å². The van der Waals surface area contributed by atoms with Crippen LogP contribution in [0.5, 0.6) is 17.2 Å². The number of fused-ring (bicyclic) bond motifs is 2. The van der Waals surface area contributed by atoms with Gasteiger partial charge < -0.3 is 18.6 Å². The molecule has 0 spiro atoms. The molecule has 10 heteroatoms. The minimum absolute atomic E-state index is 0.169. The molecule has 0 unspecified atom stereocenters. The Hall–Kier alpha value is -4.79. The lowest BCUT2D eigenvalue weighted by molar-refractivity contribution is 0.284. The standard InChI is InChI=1S/C32H23Cl2N3O5/c1-39-26-12-7-13-27-23(26)16-29(42-27)31-36-25-11-6-4-9-22(25)32(38)37(31)35-17-20-14-21(33)15-28(40-2)30(20)41-18-19-8-3-5-10-24(19)34/h3-17H,18H2,1-2H3. The van der Waals surface area contributed by atoms with E-state index in [9.17, 15) is 4.79 Å². The van der Waals surface area contributed by atoms with Gasteiger partial charge in [0.1, 0.15) is 17.9 Å². The highest BCUT2D eigenvalue weighted by atomic mass is 35.5. The highest BCUT2D eigenvalue weighted by molar-refractivity contribution is 6.31. The van der Waals surface area contributed by atoms with Crippen LogP contribution in [0.4, 0.5) is 0 Å². The second kappa shape index (κ2) is 11.6. The number of methoxy groups -OCH3 is 2. The lowest BCUT2D eigenvalue weighted by Crippen LogP contribution is -2.20. The minimum atomic E-state index is -0.383. The van der Waals surface area contributed by atoms with E-state index in [-0.39, 0.29) is 18.0 Å². The van der Waals surface area contributed by atoms with E-state index in [1.807, 2.05) is 42.5 Å². The van der Waals surface area contributed by atoms with Gasteiger partial charge in [0.25, 0.3) is 5.56 Å². The highest BCUT2D eigenvalue weighted by Gasteiger charge is 2.19. The number of hydrogen-bond donors (Lipinski definition) is 0. The third kappa shape index (κ3) is 5.18. The highest BCUT2D eigenvalue weighted by Crippen LogP contribution is 2.36. The topological polar surface area (TPSA) is 88.1 Å². The Labute approximate surface area is 250 Å². The molecule has 8 nitrogen and oxygen atoms in total. The molecule has 42 heavy (non-hydrogen) atoms. The molecule has 6 rings (SSSR count). The van der Waals surface area contributed by atoms with Gasteiger partial charge in [-0.05, 0) is 42.5 Å². The summed E-state index contributed by atoms with van der Waals surface area (Å²) < 4.78 is 24.5. The molecule has 4 aromatic carbocycles. The van der Waals surface area contributed by atoms with Crippen molar-refractivity contribution < 1.29 is 18.6 Å². The molecule has 210 valence electrons. The number of ether oxygens (including phenoxy) is 3. The summed E-state index contributed by atoms with van der Waals surface area (Å²) in [4.78, 5) is 18.5. The Morgan fingerprint density at radius 1 is 0.905 bits per heavy atom. The zero-order valence-electron chi connectivity index (χ0n) is 22.5. The van der Waals surface area contributed by atoms with E-state index in [4.69, 9.17) is 46.8 Å². The maximum Gasteiger partial charge on any atom is 0.282 e. The summed E-state index contributed by atoms with van der Waals surface area (Å²) in [6, 6.07) is 25.0. The summed E-state index contributed by atoms with van der Waals surface area (Å²) in [5, 5.41) is 6.67. The molecule has 2 heterocycles. The van der Waals surface area contributed by atoms with Crippen molar-refractivity contribution in [1.82, 2.24) is 9.66 Å². The van der Waals surface area contributed by atoms with Crippen molar-refractivity contribution in [2.75, 3.05) is 14.2 Å². The number of benzene rings is 4. The van der Waals surface area contributed by atoms with Gasteiger partial charge in [0, 0.05) is 27.2 Å². The van der Waals surface area contributed by atoms with Gasteiger partial charge >= 0.3 is 0 Å². The number of nitrogens with zero attached hydrogens (tertiary/aromatic N) is 3. The first-order valence-corrected chi connectivity index (χ1v) is 13.6. The van der Waals surface area contributed by atoms with Gasteiger partial charge in [-0.25, -0.2) is 4.98 Å². The van der Waals surface area contributed by atoms with E-state index in [1.165, 1.54) is 18.0 Å². The summed E-state index contributed by atoms with van der Waals surface area (Å²) in [5.41, 5.74) is 1.97. The molecule has 2 aromatic heterocycles. The lowest BCUT2D eigenvalue weighted by atomic mass is 10.2. The van der Waals surface area contributed by atoms with Gasteiger partial charge in [0.15, 0.2) is 17.3 Å². The van der Waals surface area contributed by atoms with Crippen molar-refractivity contribution in [2.24, 2.45) is 5.10 Å². The van der Waals surface area contributed by atoms with E-state index in [0.29, 0.717) is 55.1 Å². The predicted molar refractivity (Wildman–Crippen MR) is 165 cm³/mol. The molecule has 0 saturated heterocycles. The SMILES string of the molecule is COc1cc(Cl)cc(C=Nn2c(-c3cc4c(OC)cccc4o3)nc3ccccc3c2=O)c1OCc1ccccc1Cl. The first-order chi connectivity index (χ1) is 20.5. The second-order valence-corrected chi connectivity index (χ2v) is 10.0. The summed E-state index contributed by atoms with van der Waals surface area (Å²) in [6.45, 7) is 0.169. The van der Waals surface area contributed by atoms with Crippen LogP contribution < -0.4 is 19.8 Å². The van der Waals surface area contributed by atoms with Crippen LogP contribution in [0, 0.1) is 0 Å². The molecule has 0 bridgehead atoms. The molecule has 0 atom stereocenters. The number of halogens is 2. The Bertz CT molecular complexity index is 2030. The fourth-order valence-corrected chi connectivity index (χ4v) is 5.00. The normalized spacial score (nSPS) is 11.4. The summed E-state index contributed by atoms with van der Waals surface area (Å²) in [6.07, 6.45) is 1.47. The van der Waals surface area contributed by atoms with E-state index in [1.54, 1.807) is 49.6 Å². The average Bonchev–Trinajstić information content (AvgIpc) is 3.45. The maximum absolute atomic E-state index is 13.8. The molecule has 0 N–H and O–H groups in total. The maximum atomic E-state index is 13.8. The fraction of sp³-hybridized carbons (Fsp3) is 0.0938. The minimum Gasteiger partial charge on any atom is -0.496 e. The van der Waals surface area contributed by atoms with Crippen molar-refractivity contribution in [1.29, 1.82) is 0 Å². The number of para-hydroxylation sites is 1. The third-order valence-electron chi connectivity index (χ3n) is 6.63. The Morgan fingerprint density at radius 2 is 1.69 bits per heavy atom. The van der Waals surface area contributed by atoms with Gasteiger partial charge in [-0.2, -0.15) is 9.78 Å². The molecular formula is C32H23Cl2N3O5. The average molecular weight is 600 g/mol. The molecule has 0 aliphatic heterocycles. The van der Waals surface area contributed by atoms with Gasteiger partial charge in [-0.15, -0.1) is 0 Å². The van der Waals surface area contributed by atoms with Crippen LogP contribution >= 0.6 is 23.2 Å². The zero-order valence-corrected chi connectivity index (χ0v) is 24.0. The van der Waals surface area contributed by atoms with Crippen LogP contribution in [0.3, 0.4) is 0 Å². The Kier molecular flexibility index (Phi) is 7.56. The van der Waals surface area contributed by atoms with E-state index in [2.05, 4.69) is 5.10 Å². The molecule has 0 aliphatic carbocycles. The van der Waals surface area contributed by atoms with Crippen LogP contribution in [0.15, 0.2) is 99.2 Å². The quantitative estimate of drug-likeness (QED) is 0.167. The first kappa shape index (κ1) is 27.4. The molecule has 0 aliphatic rings. The van der Waals surface area contributed by atoms with Gasteiger partial charge in [-0.3, -0.25) is 4.79 Å². The third-order valence-corrected chi connectivity index (χ3v) is 7.21. The molecule has 6 aromatic rings. The van der Waals surface area contributed by atoms with Crippen molar-refractivity contribution in [3.63, 3.8) is 0 Å². The Balaban J connectivity index is 1.49. The number of rotatable bonds is 8. The van der Waals surface area contributed by atoms with Crippen LogP contribution in [-0.2, 0) is 6.61 Å². The van der Waals surface area contributed by atoms with Crippen LogP contribution in [0.1, 0.15) is 11.1 Å². The van der Waals surface area contributed by atoms with E-state index >= 15 is 0 Å². The first-order valence-electron chi connectivity index (χ1n) is 12.8. The van der Waals surface area contributed by atoms with Crippen molar-refractivity contribution >= 4 is 51.3 Å². The van der Waals surface area contributed by atoms with Crippen LogP contribution in [-0.4, -0.2) is 30.1 Å². The van der Waals surface area contributed by atoms with Crippen LogP contribution in [0.2, 0.25) is 10.0 Å². The summed E-state index contributed by atoms with van der Waals surface area (Å²) >= 11 is 12.7. The van der Waals surface area contributed by atoms with Gasteiger partial charge in [0.2, 0.25) is 5.82 Å². The smallest absolute Gasteiger partial charge is 0.282 e. The number of hydrogen-bond acceptors (Lipinski definition) is 7. The van der Waals surface area contributed by atoms with Crippen molar-refractivity contribution in [3.8, 4) is 28.8 Å². The largest absolute Gasteiger partial charge is 0.496 e. The monoisotopic (exact) mass is 599 g/mol. The summed E-state index contributed by atoms with van der Waals surface area (Å²) in [5.74, 6) is 1.95. The molecule has 0 amide bonds. The number of furan rings is 1. The van der Waals surface area contributed by atoms with Crippen molar-refractivity contribution in [3.05, 3.63) is 116 Å². The number of aromatic nitrogens is 2. The van der Waals surface area contributed by atoms with E-state index < -0.39 is 0 Å². The summed E-state index contributed by atoms with van der Waals surface area (Å²) in [7, 11) is 3.10. The van der Waals surface area contributed by atoms with Gasteiger partial charge in [-0.1, -0.05) is 59.6 Å². The lowest BCUT2D eigenvalue weighted by Gasteiger charge is -2.15.